The second-order valence-corrected chi connectivity index (χ2v) is 13.8. The van der Waals surface area contributed by atoms with Crippen LogP contribution in [0.2, 0.25) is 0 Å². The minimum absolute atomic E-state index is 0.104. The number of likely N-dealkylation sites (tertiary alicyclic amines) is 1. The molecule has 0 bridgehead atoms. The maximum Gasteiger partial charge on any atom is 0.416 e. The third kappa shape index (κ3) is 6.03. The highest BCUT2D eigenvalue weighted by molar-refractivity contribution is 7.19. The fraction of sp³-hybridized carbons (Fsp3) is 0.548. The minimum Gasteiger partial charge on any atom is -0.446 e. The van der Waals surface area contributed by atoms with Crippen LogP contribution in [-0.2, 0) is 22.4 Å². The Bertz CT molecular complexity index is 1490. The molecule has 3 aromatic rings. The van der Waals surface area contributed by atoms with Crippen molar-refractivity contribution in [1.29, 1.82) is 0 Å². The predicted octanol–water partition coefficient (Wildman–Crippen LogP) is 4.86. The van der Waals surface area contributed by atoms with Crippen LogP contribution in [0.3, 0.4) is 0 Å². The van der Waals surface area contributed by atoms with Crippen LogP contribution in [0.15, 0.2) is 18.3 Å². The molecule has 1 unspecified atom stereocenters. The van der Waals surface area contributed by atoms with Crippen molar-refractivity contribution in [3.05, 3.63) is 35.2 Å². The number of primary amides is 1. The van der Waals surface area contributed by atoms with E-state index in [-0.39, 0.29) is 24.0 Å². The topological polar surface area (TPSA) is 134 Å². The highest BCUT2D eigenvalue weighted by Crippen LogP contribution is 2.42. The summed E-state index contributed by atoms with van der Waals surface area (Å²) >= 11 is 1.40. The number of hydrogen-bond acceptors (Lipinski definition) is 7. The Morgan fingerprint density at radius 3 is 2.55 bits per heavy atom. The van der Waals surface area contributed by atoms with Crippen molar-refractivity contribution in [1.82, 2.24) is 20.2 Å². The Hall–Kier alpha value is -3.44. The normalized spacial score (nSPS) is 18.2. The number of H-pyrrole nitrogens is 1. The Kier molecular flexibility index (Phi) is 8.35. The van der Waals surface area contributed by atoms with Gasteiger partial charge in [0, 0.05) is 40.3 Å². The summed E-state index contributed by atoms with van der Waals surface area (Å²) in [7, 11) is 2.11. The molecule has 0 radical (unpaired) electrons. The van der Waals surface area contributed by atoms with E-state index in [9.17, 15) is 14.4 Å². The molecule has 11 heteroatoms. The first-order valence-electron chi connectivity index (χ1n) is 14.8. The van der Waals surface area contributed by atoms with E-state index in [0.717, 1.165) is 59.4 Å². The summed E-state index contributed by atoms with van der Waals surface area (Å²) in [5.41, 5.74) is 9.32. The van der Waals surface area contributed by atoms with E-state index in [1.54, 1.807) is 17.2 Å². The van der Waals surface area contributed by atoms with Gasteiger partial charge in [0.2, 0.25) is 5.91 Å². The van der Waals surface area contributed by atoms with Gasteiger partial charge >= 0.3 is 6.09 Å². The average molecular weight is 595 g/mol. The summed E-state index contributed by atoms with van der Waals surface area (Å²) in [4.78, 5) is 51.5. The maximum absolute atomic E-state index is 13.2. The van der Waals surface area contributed by atoms with Gasteiger partial charge < -0.3 is 25.7 Å². The summed E-state index contributed by atoms with van der Waals surface area (Å²) in [6.07, 6.45) is 5.00. The first-order valence-corrected chi connectivity index (χ1v) is 15.6. The van der Waals surface area contributed by atoms with Gasteiger partial charge in [-0.2, -0.15) is 0 Å². The second kappa shape index (κ2) is 11.7. The number of aromatic nitrogens is 2. The Balaban J connectivity index is 1.48. The zero-order valence-electron chi connectivity index (χ0n) is 25.4. The van der Waals surface area contributed by atoms with E-state index in [1.807, 2.05) is 40.7 Å². The molecule has 1 aromatic carbocycles. The highest BCUT2D eigenvalue weighted by atomic mass is 32.1. The lowest BCUT2D eigenvalue weighted by molar-refractivity contribution is -0.126. The van der Waals surface area contributed by atoms with E-state index in [2.05, 4.69) is 27.2 Å². The summed E-state index contributed by atoms with van der Waals surface area (Å²) in [6.45, 7) is 11.5. The van der Waals surface area contributed by atoms with Crippen molar-refractivity contribution in [3.8, 4) is 10.4 Å². The van der Waals surface area contributed by atoms with Gasteiger partial charge in [0.1, 0.15) is 0 Å². The van der Waals surface area contributed by atoms with Crippen molar-refractivity contribution in [2.24, 2.45) is 11.7 Å². The molecule has 2 aliphatic rings. The number of anilines is 1. The van der Waals surface area contributed by atoms with E-state index < -0.39 is 17.5 Å². The van der Waals surface area contributed by atoms with Gasteiger partial charge in [-0.3, -0.25) is 9.59 Å². The summed E-state index contributed by atoms with van der Waals surface area (Å²) in [5, 5.41) is 4.75. The largest absolute Gasteiger partial charge is 0.446 e. The molecule has 2 aromatic heterocycles. The second-order valence-electron chi connectivity index (χ2n) is 12.8. The van der Waals surface area contributed by atoms with Gasteiger partial charge in [-0.15, -0.1) is 0 Å². The van der Waals surface area contributed by atoms with Crippen molar-refractivity contribution in [2.75, 3.05) is 25.0 Å². The number of aromatic amines is 1. The number of nitrogens with zero attached hydrogens (tertiary/aromatic N) is 3. The quantitative estimate of drug-likeness (QED) is 0.373. The van der Waals surface area contributed by atoms with Crippen LogP contribution >= 0.6 is 11.3 Å². The van der Waals surface area contributed by atoms with Crippen molar-refractivity contribution in [2.45, 2.75) is 84.4 Å². The Labute approximate surface area is 251 Å². The standard InChI is InChI=1S/C31H42N6O4S/c1-17(2)41-30(40)37(31(3,4)5)29-33-16-24(42-29)21-9-10-22(27(32)38)26-25(21)20-8-7-18(15-23(20)35-26)28(39)34-19-11-13-36(6)14-12-19/h9-10,16-19,35H,7-8,11-15H2,1-6H3,(H2,32,38)(H,34,39). The molecule has 3 heterocycles. The van der Waals surface area contributed by atoms with Crippen molar-refractivity contribution < 1.29 is 19.1 Å². The van der Waals surface area contributed by atoms with Gasteiger partial charge in [0.15, 0.2) is 5.13 Å². The molecular weight excluding hydrogens is 552 g/mol. The lowest BCUT2D eigenvalue weighted by atomic mass is 9.85. The maximum atomic E-state index is 13.2. The molecule has 1 saturated heterocycles. The fourth-order valence-corrected chi connectivity index (χ4v) is 7.16. The molecule has 226 valence electrons. The van der Waals surface area contributed by atoms with Crippen LogP contribution in [0, 0.1) is 5.92 Å². The van der Waals surface area contributed by atoms with Crippen LogP contribution in [0.25, 0.3) is 21.3 Å². The molecule has 1 atom stereocenters. The SMILES string of the molecule is CC(C)OC(=O)N(c1ncc(-c2ccc(C(N)=O)c3[nH]c4c(c23)CCC(C(=O)NC2CCN(C)CC2)C4)s1)C(C)(C)C. The van der Waals surface area contributed by atoms with E-state index in [0.29, 0.717) is 29.1 Å². The first-order chi connectivity index (χ1) is 19.8. The van der Waals surface area contributed by atoms with Crippen molar-refractivity contribution in [3.63, 3.8) is 0 Å². The molecule has 0 spiro atoms. The van der Waals surface area contributed by atoms with Gasteiger partial charge in [0.25, 0.3) is 5.91 Å². The lowest BCUT2D eigenvalue weighted by Crippen LogP contribution is -2.46. The molecule has 1 fully saturated rings. The van der Waals surface area contributed by atoms with Crippen LogP contribution in [0.5, 0.6) is 0 Å². The van der Waals surface area contributed by atoms with Gasteiger partial charge in [0.05, 0.1) is 22.1 Å². The van der Waals surface area contributed by atoms with Crippen molar-refractivity contribution >= 4 is 45.3 Å². The molecule has 42 heavy (non-hydrogen) atoms. The highest BCUT2D eigenvalue weighted by Gasteiger charge is 2.34. The molecular formula is C31H42N6O4S. The van der Waals surface area contributed by atoms with Crippen LogP contribution in [-0.4, -0.2) is 70.6 Å². The molecule has 5 rings (SSSR count). The van der Waals surface area contributed by atoms with Crippen LogP contribution < -0.4 is 16.0 Å². The fourth-order valence-electron chi connectivity index (χ4n) is 6.03. The number of carbonyl (C=O) groups excluding carboxylic acids is 3. The molecule has 3 amide bonds. The third-order valence-electron chi connectivity index (χ3n) is 8.18. The molecule has 1 aliphatic heterocycles. The number of fused-ring (bicyclic) bond motifs is 3. The molecule has 1 aliphatic carbocycles. The van der Waals surface area contributed by atoms with E-state index in [4.69, 9.17) is 10.5 Å². The van der Waals surface area contributed by atoms with Gasteiger partial charge in [-0.05, 0) is 98.5 Å². The van der Waals surface area contributed by atoms with Gasteiger partial charge in [-0.1, -0.05) is 17.4 Å². The van der Waals surface area contributed by atoms with Crippen LogP contribution in [0.1, 0.15) is 75.5 Å². The Morgan fingerprint density at radius 1 is 1.19 bits per heavy atom. The number of ether oxygens (including phenoxy) is 1. The number of benzene rings is 1. The number of nitrogens with two attached hydrogens (primary N) is 1. The third-order valence-corrected chi connectivity index (χ3v) is 9.20. The zero-order chi connectivity index (χ0) is 30.3. The molecule has 0 saturated carbocycles. The van der Waals surface area contributed by atoms with Gasteiger partial charge in [-0.25, -0.2) is 14.7 Å². The first kappa shape index (κ1) is 30.0. The smallest absolute Gasteiger partial charge is 0.416 e. The monoisotopic (exact) mass is 594 g/mol. The number of thiazole rings is 1. The zero-order valence-corrected chi connectivity index (χ0v) is 26.2. The minimum atomic E-state index is -0.553. The molecule has 4 N–H and O–H groups in total. The Morgan fingerprint density at radius 2 is 1.90 bits per heavy atom. The number of piperidine rings is 1. The van der Waals surface area contributed by atoms with Crippen LogP contribution in [0.4, 0.5) is 9.93 Å². The number of hydrogen-bond donors (Lipinski definition) is 3. The number of rotatable bonds is 6. The number of aryl methyl sites for hydroxylation is 1. The molecule has 10 nitrogen and oxygen atoms in total. The van der Waals surface area contributed by atoms with E-state index >= 15 is 0 Å². The number of nitrogens with one attached hydrogen (secondary N) is 2. The average Bonchev–Trinajstić information content (AvgIpc) is 3.53. The number of amides is 3. The summed E-state index contributed by atoms with van der Waals surface area (Å²) in [6, 6.07) is 3.86. The van der Waals surface area contributed by atoms with E-state index in [1.165, 1.54) is 11.3 Å². The summed E-state index contributed by atoms with van der Waals surface area (Å²) < 4.78 is 5.53. The summed E-state index contributed by atoms with van der Waals surface area (Å²) in [5.74, 6) is -0.540. The number of carbonyl (C=O) groups is 3. The predicted molar refractivity (Wildman–Crippen MR) is 166 cm³/mol. The lowest BCUT2D eigenvalue weighted by Gasteiger charge is -2.33.